The van der Waals surface area contributed by atoms with Crippen LogP contribution in [0.5, 0.6) is 0 Å². The Morgan fingerprint density at radius 2 is 2.08 bits per heavy atom. The highest BCUT2D eigenvalue weighted by Crippen LogP contribution is 2.00. The van der Waals surface area contributed by atoms with Crippen molar-refractivity contribution < 1.29 is 0 Å². The zero-order chi connectivity index (χ0) is 9.56. The maximum atomic E-state index is 5.44. The van der Waals surface area contributed by atoms with Gasteiger partial charge in [-0.25, -0.2) is 0 Å². The van der Waals surface area contributed by atoms with Gasteiger partial charge in [0.25, 0.3) is 0 Å². The van der Waals surface area contributed by atoms with Crippen molar-refractivity contribution in [3.05, 3.63) is 24.0 Å². The summed E-state index contributed by atoms with van der Waals surface area (Å²) in [5.41, 5.74) is 8.39. The number of nitrogens with zero attached hydrogens (tertiary/aromatic N) is 1. The Balaban J connectivity index is 4.08. The van der Waals surface area contributed by atoms with E-state index in [1.807, 2.05) is 13.1 Å². The summed E-state index contributed by atoms with van der Waals surface area (Å²) in [5, 5.41) is 0. The smallest absolute Gasteiger partial charge is 0.0256 e. The fourth-order valence-corrected chi connectivity index (χ4v) is 0.686. The van der Waals surface area contributed by atoms with E-state index >= 15 is 0 Å². The maximum Gasteiger partial charge on any atom is 0.0256 e. The first-order valence-electron chi connectivity index (χ1n) is 4.18. The van der Waals surface area contributed by atoms with Gasteiger partial charge in [-0.3, -0.25) is 4.99 Å². The van der Waals surface area contributed by atoms with Crippen LogP contribution in [0.3, 0.4) is 0 Å². The largest absolute Gasteiger partial charge is 0.402 e. The zero-order valence-corrected chi connectivity index (χ0v) is 8.22. The van der Waals surface area contributed by atoms with Crippen LogP contribution in [0.2, 0.25) is 0 Å². The summed E-state index contributed by atoms with van der Waals surface area (Å²) in [5.74, 6) is 0. The van der Waals surface area contributed by atoms with E-state index in [4.69, 9.17) is 5.73 Å². The topological polar surface area (TPSA) is 38.4 Å². The van der Waals surface area contributed by atoms with Gasteiger partial charge < -0.3 is 5.73 Å². The van der Waals surface area contributed by atoms with Gasteiger partial charge in [-0.2, -0.15) is 0 Å². The number of aliphatic imine (C=N–C) groups is 1. The van der Waals surface area contributed by atoms with Gasteiger partial charge >= 0.3 is 0 Å². The third-order valence-corrected chi connectivity index (χ3v) is 1.55. The van der Waals surface area contributed by atoms with Crippen LogP contribution in [0, 0.1) is 0 Å². The van der Waals surface area contributed by atoms with Gasteiger partial charge in [-0.1, -0.05) is 19.1 Å². The first-order chi connectivity index (χ1) is 5.56. The molecule has 0 aromatic rings. The third-order valence-electron chi connectivity index (χ3n) is 1.55. The van der Waals surface area contributed by atoms with Crippen molar-refractivity contribution in [3.8, 4) is 0 Å². The Morgan fingerprint density at radius 3 is 2.50 bits per heavy atom. The van der Waals surface area contributed by atoms with Gasteiger partial charge in [0.2, 0.25) is 0 Å². The molecule has 0 unspecified atom stereocenters. The van der Waals surface area contributed by atoms with Gasteiger partial charge in [0, 0.05) is 24.0 Å². The van der Waals surface area contributed by atoms with Crippen molar-refractivity contribution in [2.24, 2.45) is 10.7 Å². The lowest BCUT2D eigenvalue weighted by molar-refractivity contribution is 1.08. The Kier molecular flexibility index (Phi) is 5.09. The van der Waals surface area contributed by atoms with E-state index in [0.717, 1.165) is 12.1 Å². The Morgan fingerprint density at radius 1 is 1.50 bits per heavy atom. The van der Waals surface area contributed by atoms with Crippen LogP contribution >= 0.6 is 0 Å². The minimum absolute atomic E-state index is 0.666. The summed E-state index contributed by atoms with van der Waals surface area (Å²) < 4.78 is 0. The quantitative estimate of drug-likeness (QED) is 0.640. The average molecular weight is 166 g/mol. The maximum absolute atomic E-state index is 5.44. The molecule has 0 aliphatic carbocycles. The molecule has 0 atom stereocenters. The molecule has 2 N–H and O–H groups in total. The summed E-state index contributed by atoms with van der Waals surface area (Å²) in [4.78, 5) is 4.25. The molecule has 0 saturated carbocycles. The summed E-state index contributed by atoms with van der Waals surface area (Å²) in [7, 11) is 0. The van der Waals surface area contributed by atoms with Crippen LogP contribution in [0.15, 0.2) is 29.0 Å². The SMILES string of the molecule is C=C(N)CC(C)=N/C=C(/C)CC. The lowest BCUT2D eigenvalue weighted by Crippen LogP contribution is -2.00. The van der Waals surface area contributed by atoms with Gasteiger partial charge in [-0.15, -0.1) is 0 Å². The molecule has 12 heavy (non-hydrogen) atoms. The molecule has 0 aromatic carbocycles. The van der Waals surface area contributed by atoms with Gasteiger partial charge in [0.15, 0.2) is 0 Å². The van der Waals surface area contributed by atoms with E-state index in [1.54, 1.807) is 0 Å². The molecule has 0 saturated heterocycles. The van der Waals surface area contributed by atoms with Crippen LogP contribution in [-0.2, 0) is 0 Å². The number of hydrogen-bond acceptors (Lipinski definition) is 2. The van der Waals surface area contributed by atoms with Crippen LogP contribution in [0.25, 0.3) is 0 Å². The standard InChI is InChI=1S/C10H18N2/c1-5-8(2)7-12-10(4)6-9(3)11/h7H,3,5-6,11H2,1-2,4H3/b8-7-,12-10?. The van der Waals surface area contributed by atoms with E-state index in [9.17, 15) is 0 Å². The number of allylic oxidation sites excluding steroid dienone is 2. The molecule has 0 aromatic heterocycles. The first kappa shape index (κ1) is 11.0. The van der Waals surface area contributed by atoms with Crippen LogP contribution in [0.1, 0.15) is 33.6 Å². The molecule has 0 heterocycles. The molecule has 2 heteroatoms. The van der Waals surface area contributed by atoms with Crippen LogP contribution in [-0.4, -0.2) is 5.71 Å². The second-order valence-electron chi connectivity index (χ2n) is 3.03. The molecule has 2 nitrogen and oxygen atoms in total. The Bertz CT molecular complexity index is 212. The summed E-state index contributed by atoms with van der Waals surface area (Å²) >= 11 is 0. The van der Waals surface area contributed by atoms with Gasteiger partial charge in [-0.05, 0) is 20.3 Å². The highest BCUT2D eigenvalue weighted by atomic mass is 14.7. The molecule has 0 fully saturated rings. The Hall–Kier alpha value is -1.05. The average Bonchev–Trinajstić information content (AvgIpc) is 1.99. The first-order valence-corrected chi connectivity index (χ1v) is 4.18. The molecule has 0 radical (unpaired) electrons. The monoisotopic (exact) mass is 166 g/mol. The second kappa shape index (κ2) is 5.58. The summed E-state index contributed by atoms with van der Waals surface area (Å²) in [6.45, 7) is 9.75. The van der Waals surface area contributed by atoms with Crippen molar-refractivity contribution in [1.82, 2.24) is 0 Å². The predicted molar refractivity (Wildman–Crippen MR) is 55.1 cm³/mol. The Labute approximate surface area is 74.9 Å². The lowest BCUT2D eigenvalue weighted by atomic mass is 10.2. The molecular formula is C10H18N2. The minimum Gasteiger partial charge on any atom is -0.402 e. The predicted octanol–water partition coefficient (Wildman–Crippen LogP) is 2.62. The van der Waals surface area contributed by atoms with E-state index < -0.39 is 0 Å². The zero-order valence-electron chi connectivity index (χ0n) is 8.22. The van der Waals surface area contributed by atoms with Crippen molar-refractivity contribution >= 4 is 5.71 Å². The van der Waals surface area contributed by atoms with E-state index in [-0.39, 0.29) is 0 Å². The molecule has 0 rings (SSSR count). The summed E-state index contributed by atoms with van der Waals surface area (Å²) in [6.07, 6.45) is 3.62. The van der Waals surface area contributed by atoms with E-state index in [0.29, 0.717) is 12.1 Å². The van der Waals surface area contributed by atoms with Gasteiger partial charge in [0.05, 0.1) is 0 Å². The van der Waals surface area contributed by atoms with Crippen LogP contribution in [0.4, 0.5) is 0 Å². The molecule has 0 aliphatic heterocycles. The van der Waals surface area contributed by atoms with Crippen molar-refractivity contribution in [2.45, 2.75) is 33.6 Å². The van der Waals surface area contributed by atoms with Gasteiger partial charge in [0.1, 0.15) is 0 Å². The highest BCUT2D eigenvalue weighted by Gasteiger charge is 1.90. The lowest BCUT2D eigenvalue weighted by Gasteiger charge is -1.97. The molecule has 68 valence electrons. The van der Waals surface area contributed by atoms with E-state index in [2.05, 4.69) is 25.4 Å². The van der Waals surface area contributed by atoms with E-state index in [1.165, 1.54) is 5.57 Å². The van der Waals surface area contributed by atoms with Crippen molar-refractivity contribution in [2.75, 3.05) is 0 Å². The summed E-state index contributed by atoms with van der Waals surface area (Å²) in [6, 6.07) is 0. The third kappa shape index (κ3) is 5.71. The second-order valence-corrected chi connectivity index (χ2v) is 3.03. The molecule has 0 spiro atoms. The fourth-order valence-electron chi connectivity index (χ4n) is 0.686. The highest BCUT2D eigenvalue weighted by molar-refractivity contribution is 5.84. The normalized spacial score (nSPS) is 13.2. The molecule has 0 amide bonds. The molecular weight excluding hydrogens is 148 g/mol. The number of nitrogens with two attached hydrogens (primary N) is 1. The van der Waals surface area contributed by atoms with Crippen molar-refractivity contribution in [3.63, 3.8) is 0 Å². The minimum atomic E-state index is 0.666. The molecule has 0 aliphatic rings. The van der Waals surface area contributed by atoms with Crippen molar-refractivity contribution in [1.29, 1.82) is 0 Å². The fraction of sp³-hybridized carbons (Fsp3) is 0.500. The number of hydrogen-bond donors (Lipinski definition) is 1. The molecule has 0 bridgehead atoms. The van der Waals surface area contributed by atoms with Crippen LogP contribution < -0.4 is 5.73 Å². The number of rotatable bonds is 4.